The molecule has 2 rings (SSSR count). The molecule has 1 aromatic heterocycles. The number of oxime groups is 1. The van der Waals surface area contributed by atoms with Crippen molar-refractivity contribution < 1.29 is 5.21 Å². The van der Waals surface area contributed by atoms with Crippen molar-refractivity contribution in [3.8, 4) is 0 Å². The minimum atomic E-state index is 0.103. The smallest absolute Gasteiger partial charge is 0.172 e. The van der Waals surface area contributed by atoms with Crippen LogP contribution in [0.25, 0.3) is 0 Å². The molecule has 0 bridgehead atoms. The largest absolute Gasteiger partial charge is 0.409 e. The number of nitrogens with two attached hydrogens (primary N) is 1. The van der Waals surface area contributed by atoms with Crippen LogP contribution in [-0.2, 0) is 13.6 Å². The second-order valence-corrected chi connectivity index (χ2v) is 4.82. The van der Waals surface area contributed by atoms with Crippen LogP contribution in [0.1, 0.15) is 17.0 Å². The van der Waals surface area contributed by atoms with Crippen LogP contribution in [0, 0.1) is 6.92 Å². The highest BCUT2D eigenvalue weighted by atomic mass is 16.4. The third kappa shape index (κ3) is 2.74. The Hall–Kier alpha value is -2.50. The van der Waals surface area contributed by atoms with Crippen molar-refractivity contribution >= 4 is 11.5 Å². The number of hydrogen-bond acceptors (Lipinski definition) is 4. The van der Waals surface area contributed by atoms with Crippen molar-refractivity contribution in [3.63, 3.8) is 0 Å². The van der Waals surface area contributed by atoms with E-state index in [4.69, 9.17) is 10.9 Å². The molecule has 6 nitrogen and oxygen atoms in total. The number of hydrogen-bond donors (Lipinski definition) is 2. The van der Waals surface area contributed by atoms with Crippen molar-refractivity contribution in [1.29, 1.82) is 0 Å². The molecule has 0 aliphatic heterocycles. The van der Waals surface area contributed by atoms with Gasteiger partial charge in [0.25, 0.3) is 0 Å². The summed E-state index contributed by atoms with van der Waals surface area (Å²) in [7, 11) is 3.91. The molecule has 0 amide bonds. The molecule has 0 spiro atoms. The van der Waals surface area contributed by atoms with Crippen LogP contribution >= 0.6 is 0 Å². The summed E-state index contributed by atoms with van der Waals surface area (Å²) in [5.74, 6) is 1.05. The number of rotatable bonds is 4. The summed E-state index contributed by atoms with van der Waals surface area (Å²) in [6.07, 6.45) is 3.67. The maximum absolute atomic E-state index is 8.89. The summed E-state index contributed by atoms with van der Waals surface area (Å²) in [6, 6.07) is 5.80. The topological polar surface area (TPSA) is 79.7 Å². The van der Waals surface area contributed by atoms with Gasteiger partial charge in [0.2, 0.25) is 0 Å². The first-order valence-corrected chi connectivity index (χ1v) is 6.29. The van der Waals surface area contributed by atoms with Gasteiger partial charge in [0.15, 0.2) is 5.84 Å². The van der Waals surface area contributed by atoms with E-state index in [0.717, 1.165) is 17.1 Å². The van der Waals surface area contributed by atoms with Crippen LogP contribution in [0.2, 0.25) is 0 Å². The number of aromatic nitrogens is 2. The third-order valence-corrected chi connectivity index (χ3v) is 3.25. The van der Waals surface area contributed by atoms with E-state index in [1.165, 1.54) is 0 Å². The van der Waals surface area contributed by atoms with E-state index in [-0.39, 0.29) is 5.84 Å². The van der Waals surface area contributed by atoms with E-state index in [1.54, 1.807) is 6.20 Å². The van der Waals surface area contributed by atoms with Crippen molar-refractivity contribution in [2.75, 3.05) is 11.9 Å². The van der Waals surface area contributed by atoms with E-state index in [1.807, 2.05) is 54.9 Å². The van der Waals surface area contributed by atoms with Crippen LogP contribution in [0.5, 0.6) is 0 Å². The lowest BCUT2D eigenvalue weighted by Gasteiger charge is -2.22. The number of nitrogens with zero attached hydrogens (tertiary/aromatic N) is 4. The Labute approximate surface area is 118 Å². The normalized spacial score (nSPS) is 11.7. The third-order valence-electron chi connectivity index (χ3n) is 3.25. The van der Waals surface area contributed by atoms with Crippen molar-refractivity contribution in [1.82, 2.24) is 9.55 Å². The molecule has 106 valence electrons. The van der Waals surface area contributed by atoms with Gasteiger partial charge in [-0.3, -0.25) is 0 Å². The summed E-state index contributed by atoms with van der Waals surface area (Å²) in [4.78, 5) is 6.34. The predicted molar refractivity (Wildman–Crippen MR) is 79.0 cm³/mol. The SMILES string of the molecule is Cc1ccc(C(N)=NO)c(N(C)Cc2nccn2C)c1. The van der Waals surface area contributed by atoms with Gasteiger partial charge in [0, 0.05) is 37.7 Å². The molecule has 1 heterocycles. The molecule has 0 atom stereocenters. The highest BCUT2D eigenvalue weighted by molar-refractivity contribution is 6.02. The highest BCUT2D eigenvalue weighted by Gasteiger charge is 2.13. The van der Waals surface area contributed by atoms with Crippen LogP contribution in [0.4, 0.5) is 5.69 Å². The summed E-state index contributed by atoms with van der Waals surface area (Å²) in [6.45, 7) is 2.65. The van der Waals surface area contributed by atoms with Crippen molar-refractivity contribution in [3.05, 3.63) is 47.5 Å². The van der Waals surface area contributed by atoms with E-state index in [0.29, 0.717) is 12.1 Å². The lowest BCUT2D eigenvalue weighted by Crippen LogP contribution is -2.24. The molecular formula is C14H19N5O. The van der Waals surface area contributed by atoms with Gasteiger partial charge in [-0.1, -0.05) is 11.2 Å². The number of imidazole rings is 1. The molecule has 0 radical (unpaired) electrons. The fourth-order valence-electron chi connectivity index (χ4n) is 2.07. The molecule has 0 aliphatic rings. The minimum Gasteiger partial charge on any atom is -0.409 e. The quantitative estimate of drug-likeness (QED) is 0.382. The molecule has 0 aliphatic carbocycles. The zero-order valence-electron chi connectivity index (χ0n) is 11.9. The second kappa shape index (κ2) is 5.64. The van der Waals surface area contributed by atoms with Crippen molar-refractivity contribution in [2.24, 2.45) is 17.9 Å². The maximum Gasteiger partial charge on any atom is 0.172 e. The molecule has 1 aromatic carbocycles. The van der Waals surface area contributed by atoms with Gasteiger partial charge in [-0.15, -0.1) is 0 Å². The summed E-state index contributed by atoms with van der Waals surface area (Å²) in [5, 5.41) is 12.0. The molecule has 0 saturated heterocycles. The first-order chi connectivity index (χ1) is 9.52. The lowest BCUT2D eigenvalue weighted by molar-refractivity contribution is 0.318. The average Bonchev–Trinajstić information content (AvgIpc) is 2.83. The average molecular weight is 273 g/mol. The summed E-state index contributed by atoms with van der Waals surface area (Å²) >= 11 is 0. The molecule has 3 N–H and O–H groups in total. The zero-order chi connectivity index (χ0) is 14.7. The minimum absolute atomic E-state index is 0.103. The van der Waals surface area contributed by atoms with E-state index >= 15 is 0 Å². The van der Waals surface area contributed by atoms with E-state index < -0.39 is 0 Å². The highest BCUT2D eigenvalue weighted by Crippen LogP contribution is 2.22. The molecule has 6 heteroatoms. The van der Waals surface area contributed by atoms with Gasteiger partial charge in [0.05, 0.1) is 6.54 Å². The molecule has 0 fully saturated rings. The number of amidine groups is 1. The Morgan fingerprint density at radius 1 is 1.50 bits per heavy atom. The Balaban J connectivity index is 2.36. The number of aryl methyl sites for hydroxylation is 2. The fourth-order valence-corrected chi connectivity index (χ4v) is 2.07. The van der Waals surface area contributed by atoms with Gasteiger partial charge >= 0.3 is 0 Å². The van der Waals surface area contributed by atoms with Crippen LogP contribution in [0.15, 0.2) is 35.7 Å². The van der Waals surface area contributed by atoms with Gasteiger partial charge in [-0.05, 0) is 24.6 Å². The number of anilines is 1. The summed E-state index contributed by atoms with van der Waals surface area (Å²) < 4.78 is 1.97. The zero-order valence-corrected chi connectivity index (χ0v) is 11.9. The Morgan fingerprint density at radius 2 is 2.25 bits per heavy atom. The van der Waals surface area contributed by atoms with Gasteiger partial charge in [-0.2, -0.15) is 0 Å². The lowest BCUT2D eigenvalue weighted by atomic mass is 10.1. The van der Waals surface area contributed by atoms with Crippen LogP contribution in [0.3, 0.4) is 0 Å². The summed E-state index contributed by atoms with van der Waals surface area (Å²) in [5.41, 5.74) is 8.46. The Kier molecular flexibility index (Phi) is 3.93. The van der Waals surface area contributed by atoms with Crippen LogP contribution < -0.4 is 10.6 Å². The molecule has 2 aromatic rings. The van der Waals surface area contributed by atoms with Gasteiger partial charge in [0.1, 0.15) is 5.82 Å². The molecule has 20 heavy (non-hydrogen) atoms. The Bertz CT molecular complexity index is 632. The number of benzene rings is 1. The first-order valence-electron chi connectivity index (χ1n) is 6.29. The monoisotopic (exact) mass is 273 g/mol. The standard InChI is InChI=1S/C14H19N5O/c1-10-4-5-11(14(15)17-20)12(8-10)19(3)9-13-16-6-7-18(13)2/h4-8,20H,9H2,1-3H3,(H2,15,17). The first kappa shape index (κ1) is 13.9. The maximum atomic E-state index is 8.89. The molecule has 0 saturated carbocycles. The molecular weight excluding hydrogens is 254 g/mol. The van der Waals surface area contributed by atoms with Crippen LogP contribution in [-0.4, -0.2) is 27.6 Å². The van der Waals surface area contributed by atoms with E-state index in [2.05, 4.69) is 10.1 Å². The van der Waals surface area contributed by atoms with Gasteiger partial charge in [-0.25, -0.2) is 4.98 Å². The van der Waals surface area contributed by atoms with E-state index in [9.17, 15) is 0 Å². The Morgan fingerprint density at radius 3 is 2.85 bits per heavy atom. The molecule has 0 unspecified atom stereocenters. The van der Waals surface area contributed by atoms with Gasteiger partial charge < -0.3 is 20.4 Å². The second-order valence-electron chi connectivity index (χ2n) is 4.82. The predicted octanol–water partition coefficient (Wildman–Crippen LogP) is 1.46. The fraction of sp³-hybridized carbons (Fsp3) is 0.286. The van der Waals surface area contributed by atoms with Crippen molar-refractivity contribution in [2.45, 2.75) is 13.5 Å².